The van der Waals surface area contributed by atoms with Crippen molar-refractivity contribution in [2.24, 2.45) is 0 Å². The molecule has 1 aliphatic rings. The first-order valence-corrected chi connectivity index (χ1v) is 10.9. The van der Waals surface area contributed by atoms with Crippen molar-refractivity contribution in [2.75, 3.05) is 26.2 Å². The molecule has 8 nitrogen and oxygen atoms in total. The van der Waals surface area contributed by atoms with Crippen molar-refractivity contribution in [3.8, 4) is 0 Å². The first-order chi connectivity index (χ1) is 15.3. The van der Waals surface area contributed by atoms with Crippen LogP contribution in [0.3, 0.4) is 0 Å². The molecule has 0 saturated heterocycles. The maximum Gasteiger partial charge on any atom is 0.291 e. The summed E-state index contributed by atoms with van der Waals surface area (Å²) in [5.41, 5.74) is 0.507. The molecule has 0 unspecified atom stereocenters. The van der Waals surface area contributed by atoms with E-state index in [1.807, 2.05) is 0 Å². The lowest BCUT2D eigenvalue weighted by atomic mass is 9.98. The van der Waals surface area contributed by atoms with Crippen molar-refractivity contribution in [2.45, 2.75) is 19.9 Å². The Kier molecular flexibility index (Phi) is 5.99. The molecule has 1 N–H and O–H groups in total. The molecule has 0 saturated carbocycles. The summed E-state index contributed by atoms with van der Waals surface area (Å²) in [6, 6.07) is 9.95. The second-order valence-corrected chi connectivity index (χ2v) is 8.21. The van der Waals surface area contributed by atoms with E-state index in [0.29, 0.717) is 23.7 Å². The van der Waals surface area contributed by atoms with Crippen molar-refractivity contribution in [3.05, 3.63) is 84.7 Å². The van der Waals surface area contributed by atoms with Gasteiger partial charge in [-0.15, -0.1) is 0 Å². The topological polar surface area (TPSA) is 98.1 Å². The Hall–Kier alpha value is -3.23. The fourth-order valence-electron chi connectivity index (χ4n) is 4.26. The van der Waals surface area contributed by atoms with Crippen LogP contribution in [0.15, 0.2) is 51.7 Å². The molecule has 32 heavy (non-hydrogen) atoms. The number of carbonyl (C=O) groups is 1. The Balaban J connectivity index is 1.90. The van der Waals surface area contributed by atoms with Gasteiger partial charge in [-0.1, -0.05) is 23.7 Å². The highest BCUT2D eigenvalue weighted by Crippen LogP contribution is 2.38. The Morgan fingerprint density at radius 1 is 1.16 bits per heavy atom. The molecule has 166 valence electrons. The van der Waals surface area contributed by atoms with Gasteiger partial charge in [0.15, 0.2) is 5.43 Å². The summed E-state index contributed by atoms with van der Waals surface area (Å²) >= 11 is 6.09. The maximum atomic E-state index is 13.5. The lowest BCUT2D eigenvalue weighted by Gasteiger charge is -2.26. The second kappa shape index (κ2) is 8.72. The number of hydrogen-bond donors (Lipinski definition) is 1. The Morgan fingerprint density at radius 2 is 1.91 bits per heavy atom. The third-order valence-corrected chi connectivity index (χ3v) is 6.27. The van der Waals surface area contributed by atoms with Crippen LogP contribution >= 0.6 is 11.6 Å². The SMILES string of the molecule is CC[NH+](CC)CCN1C(=O)c2oc3ccc(Cl)cc3c(=O)c2[C@H]1c1cccc([N+](=O)[O-])c1. The van der Waals surface area contributed by atoms with Crippen LogP contribution in [-0.2, 0) is 0 Å². The summed E-state index contributed by atoms with van der Waals surface area (Å²) < 4.78 is 5.88. The summed E-state index contributed by atoms with van der Waals surface area (Å²) in [5.74, 6) is -0.409. The zero-order valence-electron chi connectivity index (χ0n) is 17.8. The number of quaternary nitrogens is 1. The fourth-order valence-corrected chi connectivity index (χ4v) is 4.43. The van der Waals surface area contributed by atoms with Gasteiger partial charge in [-0.25, -0.2) is 0 Å². The molecular weight excluding hydrogens is 434 g/mol. The first-order valence-electron chi connectivity index (χ1n) is 10.5. The zero-order chi connectivity index (χ0) is 23.0. The average molecular weight is 457 g/mol. The summed E-state index contributed by atoms with van der Waals surface area (Å²) in [6.07, 6.45) is 0. The van der Waals surface area contributed by atoms with Gasteiger partial charge in [0.2, 0.25) is 5.76 Å². The molecule has 0 aliphatic carbocycles. The van der Waals surface area contributed by atoms with E-state index in [0.717, 1.165) is 13.1 Å². The molecule has 0 spiro atoms. The molecule has 2 heterocycles. The number of non-ortho nitro benzene ring substituents is 1. The number of hydrogen-bond acceptors (Lipinski definition) is 5. The van der Waals surface area contributed by atoms with Crippen LogP contribution in [-0.4, -0.2) is 41.9 Å². The maximum absolute atomic E-state index is 13.5. The molecule has 1 amide bonds. The number of halogens is 1. The van der Waals surface area contributed by atoms with E-state index in [4.69, 9.17) is 16.0 Å². The number of likely N-dealkylation sites (N-methyl/N-ethyl adjacent to an activating group) is 1. The summed E-state index contributed by atoms with van der Waals surface area (Å²) in [7, 11) is 0. The highest BCUT2D eigenvalue weighted by molar-refractivity contribution is 6.31. The molecule has 9 heteroatoms. The van der Waals surface area contributed by atoms with Crippen LogP contribution in [0.1, 0.15) is 41.6 Å². The largest absolute Gasteiger partial charge is 0.450 e. The van der Waals surface area contributed by atoms with E-state index in [-0.39, 0.29) is 33.4 Å². The van der Waals surface area contributed by atoms with Crippen molar-refractivity contribution in [1.29, 1.82) is 0 Å². The van der Waals surface area contributed by atoms with Gasteiger partial charge in [0.1, 0.15) is 5.58 Å². The van der Waals surface area contributed by atoms with Crippen molar-refractivity contribution >= 4 is 34.2 Å². The summed E-state index contributed by atoms with van der Waals surface area (Å²) in [6.45, 7) is 6.98. The number of nitrogens with one attached hydrogen (secondary N) is 1. The molecule has 0 bridgehead atoms. The predicted octanol–water partition coefficient (Wildman–Crippen LogP) is 2.82. The number of amides is 1. The first kappa shape index (κ1) is 22.0. The van der Waals surface area contributed by atoms with E-state index in [1.54, 1.807) is 29.2 Å². The Morgan fingerprint density at radius 3 is 2.59 bits per heavy atom. The minimum absolute atomic E-state index is 0.0177. The van der Waals surface area contributed by atoms with Crippen molar-refractivity contribution < 1.29 is 19.0 Å². The monoisotopic (exact) mass is 456 g/mol. The van der Waals surface area contributed by atoms with Gasteiger partial charge in [-0.3, -0.25) is 19.7 Å². The highest BCUT2D eigenvalue weighted by Gasteiger charge is 2.43. The molecule has 0 fully saturated rings. The van der Waals surface area contributed by atoms with Crippen LogP contribution in [0, 0.1) is 10.1 Å². The number of carbonyl (C=O) groups excluding carboxylic acids is 1. The van der Waals surface area contributed by atoms with Crippen LogP contribution in [0.25, 0.3) is 11.0 Å². The lowest BCUT2D eigenvalue weighted by Crippen LogP contribution is -3.12. The van der Waals surface area contributed by atoms with Crippen LogP contribution in [0.4, 0.5) is 5.69 Å². The number of nitrogens with zero attached hydrogens (tertiary/aromatic N) is 2. The molecule has 4 rings (SSSR count). The molecule has 3 aromatic rings. The van der Waals surface area contributed by atoms with Gasteiger partial charge < -0.3 is 14.2 Å². The van der Waals surface area contributed by atoms with Gasteiger partial charge in [-0.05, 0) is 37.6 Å². The number of nitro groups is 1. The standard InChI is InChI=1S/C23H22ClN3O5/c1-3-25(4-2)10-11-26-20(14-6-5-7-16(12-14)27(30)31)19-21(28)17-13-15(24)8-9-18(17)32-22(19)23(26)29/h5-9,12-13,20H,3-4,10-11H2,1-2H3/p+1/t20-/m1/s1. The quantitative estimate of drug-likeness (QED) is 0.435. The minimum Gasteiger partial charge on any atom is -0.450 e. The van der Waals surface area contributed by atoms with Crippen molar-refractivity contribution in [1.82, 2.24) is 4.90 Å². The van der Waals surface area contributed by atoms with Gasteiger partial charge in [0, 0.05) is 17.2 Å². The van der Waals surface area contributed by atoms with Gasteiger partial charge >= 0.3 is 0 Å². The third kappa shape index (κ3) is 3.76. The summed E-state index contributed by atoms with van der Waals surface area (Å²) in [4.78, 5) is 40.6. The third-order valence-electron chi connectivity index (χ3n) is 6.03. The van der Waals surface area contributed by atoms with Crippen molar-refractivity contribution in [3.63, 3.8) is 0 Å². The summed E-state index contributed by atoms with van der Waals surface area (Å²) in [5, 5.41) is 12.0. The molecule has 1 aliphatic heterocycles. The number of benzene rings is 2. The minimum atomic E-state index is -0.771. The van der Waals surface area contributed by atoms with E-state index < -0.39 is 16.9 Å². The number of fused-ring (bicyclic) bond motifs is 2. The fraction of sp³-hybridized carbons (Fsp3) is 0.304. The molecule has 0 radical (unpaired) electrons. The number of rotatable bonds is 7. The number of nitro benzene ring substituents is 1. The van der Waals surface area contributed by atoms with Gasteiger partial charge in [0.05, 0.1) is 48.1 Å². The zero-order valence-corrected chi connectivity index (χ0v) is 18.5. The van der Waals surface area contributed by atoms with Crippen LogP contribution in [0.2, 0.25) is 5.02 Å². The Bertz CT molecular complexity index is 1270. The van der Waals surface area contributed by atoms with E-state index in [2.05, 4.69) is 13.8 Å². The van der Waals surface area contributed by atoms with Crippen LogP contribution < -0.4 is 10.3 Å². The van der Waals surface area contributed by atoms with E-state index in [1.165, 1.54) is 23.1 Å². The molecule has 1 aromatic heterocycles. The molecular formula is C23H23ClN3O5+. The Labute approximate surface area is 189 Å². The second-order valence-electron chi connectivity index (χ2n) is 7.77. The average Bonchev–Trinajstić information content (AvgIpc) is 3.07. The normalized spacial score (nSPS) is 15.6. The van der Waals surface area contributed by atoms with E-state index >= 15 is 0 Å². The molecule has 2 aromatic carbocycles. The molecule has 1 atom stereocenters. The highest BCUT2D eigenvalue weighted by atomic mass is 35.5. The van der Waals surface area contributed by atoms with Gasteiger partial charge in [0.25, 0.3) is 11.6 Å². The van der Waals surface area contributed by atoms with Gasteiger partial charge in [-0.2, -0.15) is 0 Å². The van der Waals surface area contributed by atoms with E-state index in [9.17, 15) is 19.7 Å². The lowest BCUT2D eigenvalue weighted by molar-refractivity contribution is -0.895. The smallest absolute Gasteiger partial charge is 0.291 e. The van der Waals surface area contributed by atoms with Crippen LogP contribution in [0.5, 0.6) is 0 Å². The predicted molar refractivity (Wildman–Crippen MR) is 120 cm³/mol.